The monoisotopic (exact) mass is 1210 g/mol. The van der Waals surface area contributed by atoms with Crippen LogP contribution in [0.4, 0.5) is 0 Å². The Bertz CT molecular complexity index is 1500. The second-order valence-corrected chi connectivity index (χ2v) is 20.8. The van der Waals surface area contributed by atoms with Crippen LogP contribution in [0.25, 0.3) is 0 Å². The van der Waals surface area contributed by atoms with E-state index in [1.807, 2.05) is 6.92 Å². The molecule has 83 heavy (non-hydrogen) atoms. The summed E-state index contributed by atoms with van der Waals surface area (Å²) in [5.74, 6) is -2.26. The van der Waals surface area contributed by atoms with Crippen molar-refractivity contribution in [1.29, 1.82) is 0 Å². The van der Waals surface area contributed by atoms with Crippen LogP contribution in [0.2, 0.25) is 0 Å². The fraction of sp³-hybridized carbons (Fsp3) is 0.943. The Labute approximate surface area is 486 Å². The number of hydrogen-bond donors (Lipinski definition) is 12. The summed E-state index contributed by atoms with van der Waals surface area (Å²) >= 11 is 0. The lowest BCUT2D eigenvalue weighted by Gasteiger charge is -2.40. The van der Waals surface area contributed by atoms with Crippen LogP contribution in [0.15, 0.2) is 0 Å². The summed E-state index contributed by atoms with van der Waals surface area (Å²) in [4.78, 5) is 37.6. The quantitative estimate of drug-likeness (QED) is 0.0254. The highest BCUT2D eigenvalue weighted by Gasteiger charge is 2.44. The molecule has 0 aromatic rings. The standard InChI is InChI=1S/C53H99N3O27/c1-35-44(63)47(66)38(29-57)81-50(35)78-26-23-72-20-17-69-14-8-54-41(60)5-11-75-32-53(4,33-76-12-6-42(61)55-9-15-70-18-21-73-24-27-79-51-36(2)45(64)48(67)39(30-58)82-51)34-77-13-7-43(62)56-10-16-71-19-22-74-25-28-80-52-37(3)46(65)49(68)40(31-59)83-52/h35-40,44-52,57-59,63-68H,5-34H2,1-4H3,(H,54,60)(H,55,61)(H,56,62). The van der Waals surface area contributed by atoms with Gasteiger partial charge in [0.2, 0.25) is 17.7 Å². The van der Waals surface area contributed by atoms with Crippen LogP contribution >= 0.6 is 0 Å². The molecule has 15 unspecified atom stereocenters. The van der Waals surface area contributed by atoms with Gasteiger partial charge in [0.25, 0.3) is 0 Å². The van der Waals surface area contributed by atoms with Gasteiger partial charge in [-0.1, -0.05) is 27.7 Å². The van der Waals surface area contributed by atoms with Crippen LogP contribution in [0.5, 0.6) is 0 Å². The third-order valence-corrected chi connectivity index (χ3v) is 13.7. The summed E-state index contributed by atoms with van der Waals surface area (Å²) in [6.45, 7) is 10.5. The van der Waals surface area contributed by atoms with Crippen LogP contribution in [-0.4, -0.2) is 316 Å². The minimum Gasteiger partial charge on any atom is -0.394 e. The molecule has 3 aliphatic rings. The average Bonchev–Trinajstić information content (AvgIpc) is 3.53. The summed E-state index contributed by atoms with van der Waals surface area (Å²) in [5, 5.41) is 96.9. The maximum absolute atomic E-state index is 12.5. The largest absolute Gasteiger partial charge is 0.394 e. The lowest BCUT2D eigenvalue weighted by Crippen LogP contribution is -2.55. The minimum absolute atomic E-state index is 0.0707. The number of carbonyl (C=O) groups is 3. The van der Waals surface area contributed by atoms with Crippen molar-refractivity contribution in [3.63, 3.8) is 0 Å². The highest BCUT2D eigenvalue weighted by atomic mass is 16.7. The Balaban J connectivity index is 1.26. The van der Waals surface area contributed by atoms with Crippen LogP contribution in [0, 0.1) is 23.2 Å². The van der Waals surface area contributed by atoms with Crippen LogP contribution in [0.1, 0.15) is 47.0 Å². The van der Waals surface area contributed by atoms with Crippen molar-refractivity contribution >= 4 is 17.7 Å². The molecule has 30 nitrogen and oxygen atoms in total. The average molecular weight is 1210 g/mol. The van der Waals surface area contributed by atoms with Crippen molar-refractivity contribution < 1.29 is 131 Å². The zero-order chi connectivity index (χ0) is 60.8. The molecule has 3 amide bonds. The first-order valence-electron chi connectivity index (χ1n) is 28.7. The van der Waals surface area contributed by atoms with Crippen LogP contribution < -0.4 is 16.0 Å². The molecule has 3 aliphatic heterocycles. The first-order chi connectivity index (χ1) is 40.0. The number of rotatable bonds is 48. The molecule has 0 bridgehead atoms. The fourth-order valence-corrected chi connectivity index (χ4v) is 8.50. The number of aliphatic hydroxyl groups excluding tert-OH is 9. The molecule has 0 spiro atoms. The molecular formula is C53H99N3O27. The maximum Gasteiger partial charge on any atom is 0.222 e. The summed E-state index contributed by atoms with van der Waals surface area (Å²) < 4.78 is 84.2. The van der Waals surface area contributed by atoms with Crippen molar-refractivity contribution in [1.82, 2.24) is 16.0 Å². The van der Waals surface area contributed by atoms with Crippen molar-refractivity contribution in [3.8, 4) is 0 Å². The molecule has 12 N–H and O–H groups in total. The third kappa shape index (κ3) is 29.8. The Morgan fingerprint density at radius 3 is 0.855 bits per heavy atom. The van der Waals surface area contributed by atoms with E-state index in [0.717, 1.165) is 0 Å². The fourth-order valence-electron chi connectivity index (χ4n) is 8.50. The SMILES string of the molecule is CC1C(OCCOCCOCCNC(=O)CCOCC(C)(COCCC(=O)NCCOCCOCCOC2OC(CO)C(O)C(O)C2C)COCCC(=O)NCCOCCOCCOC2OC(CO)C(O)C(O)C2C)OC(CO)C(O)C1O. The zero-order valence-electron chi connectivity index (χ0n) is 48.7. The summed E-state index contributed by atoms with van der Waals surface area (Å²) in [6.07, 6.45) is -11.9. The van der Waals surface area contributed by atoms with Gasteiger partial charge in [0, 0.05) is 62.1 Å². The number of nitrogens with one attached hydrogen (secondary N) is 3. The molecule has 3 saturated heterocycles. The van der Waals surface area contributed by atoms with Gasteiger partial charge in [0.15, 0.2) is 18.9 Å². The second-order valence-electron chi connectivity index (χ2n) is 20.8. The van der Waals surface area contributed by atoms with Gasteiger partial charge in [0.05, 0.1) is 177 Å². The predicted octanol–water partition coefficient (Wildman–Crippen LogP) is -5.06. The lowest BCUT2D eigenvalue weighted by atomic mass is 9.92. The first kappa shape index (κ1) is 74.7. The van der Waals surface area contributed by atoms with E-state index in [1.54, 1.807) is 20.8 Å². The molecule has 0 aliphatic carbocycles. The molecule has 3 rings (SSSR count). The molecule has 488 valence electrons. The van der Waals surface area contributed by atoms with E-state index in [9.17, 15) is 60.3 Å². The van der Waals surface area contributed by atoms with E-state index in [4.69, 9.17) is 71.1 Å². The molecular weight excluding hydrogens is 1110 g/mol. The zero-order valence-corrected chi connectivity index (χ0v) is 48.7. The van der Waals surface area contributed by atoms with Crippen molar-refractivity contribution in [2.24, 2.45) is 23.2 Å². The van der Waals surface area contributed by atoms with Gasteiger partial charge < -0.3 is 133 Å². The van der Waals surface area contributed by atoms with E-state index in [0.29, 0.717) is 0 Å². The molecule has 30 heteroatoms. The molecule has 0 aromatic heterocycles. The van der Waals surface area contributed by atoms with Gasteiger partial charge >= 0.3 is 0 Å². The third-order valence-electron chi connectivity index (χ3n) is 13.7. The number of hydrogen-bond acceptors (Lipinski definition) is 27. The molecule has 0 aromatic carbocycles. The number of carbonyl (C=O) groups excluding carboxylic acids is 3. The normalized spacial score (nSPS) is 29.1. The van der Waals surface area contributed by atoms with E-state index in [1.165, 1.54) is 0 Å². The molecule has 0 radical (unpaired) electrons. The topological polar surface area (TPSA) is 408 Å². The minimum atomic E-state index is -1.21. The maximum atomic E-state index is 12.5. The van der Waals surface area contributed by atoms with Gasteiger partial charge in [0.1, 0.15) is 36.6 Å². The van der Waals surface area contributed by atoms with Crippen molar-refractivity contribution in [2.75, 3.05) is 178 Å². The lowest BCUT2D eigenvalue weighted by molar-refractivity contribution is -0.284. The highest BCUT2D eigenvalue weighted by Crippen LogP contribution is 2.29. The summed E-state index contributed by atoms with van der Waals surface area (Å²) in [6, 6.07) is 0. The first-order valence-corrected chi connectivity index (χ1v) is 28.7. The second kappa shape index (κ2) is 44.0. The Kier molecular flexibility index (Phi) is 39.6. The summed E-state index contributed by atoms with van der Waals surface area (Å²) in [5.41, 5.74) is -0.721. The highest BCUT2D eigenvalue weighted by molar-refractivity contribution is 5.76. The summed E-state index contributed by atoms with van der Waals surface area (Å²) in [7, 11) is 0. The van der Waals surface area contributed by atoms with Gasteiger partial charge in [-0.3, -0.25) is 14.4 Å². The Morgan fingerprint density at radius 1 is 0.361 bits per heavy atom. The van der Waals surface area contributed by atoms with Gasteiger partial charge in [-0.15, -0.1) is 0 Å². The van der Waals surface area contributed by atoms with Crippen LogP contribution in [0.3, 0.4) is 0 Å². The predicted molar refractivity (Wildman–Crippen MR) is 287 cm³/mol. The van der Waals surface area contributed by atoms with Crippen molar-refractivity contribution in [2.45, 2.75) is 121 Å². The molecule has 3 fully saturated rings. The van der Waals surface area contributed by atoms with Crippen molar-refractivity contribution in [3.05, 3.63) is 0 Å². The van der Waals surface area contributed by atoms with Gasteiger partial charge in [-0.05, 0) is 0 Å². The van der Waals surface area contributed by atoms with Gasteiger partial charge in [-0.2, -0.15) is 0 Å². The van der Waals surface area contributed by atoms with E-state index in [-0.39, 0.29) is 195 Å². The van der Waals surface area contributed by atoms with Gasteiger partial charge in [-0.25, -0.2) is 0 Å². The number of amides is 3. The van der Waals surface area contributed by atoms with E-state index in [2.05, 4.69) is 16.0 Å². The number of aliphatic hydroxyl groups is 9. The smallest absolute Gasteiger partial charge is 0.222 e. The molecule has 15 atom stereocenters. The number of ether oxygens (including phenoxy) is 15. The van der Waals surface area contributed by atoms with E-state index < -0.39 is 117 Å². The Hall–Kier alpha value is -2.55. The molecule has 0 saturated carbocycles. The van der Waals surface area contributed by atoms with Crippen LogP contribution in [-0.2, 0) is 85.4 Å². The van der Waals surface area contributed by atoms with E-state index >= 15 is 0 Å². The Morgan fingerprint density at radius 2 is 0.602 bits per heavy atom. The molecule has 3 heterocycles.